The summed E-state index contributed by atoms with van der Waals surface area (Å²) in [5, 5.41) is 3.49. The average Bonchev–Trinajstić information content (AvgIpc) is 2.70. The van der Waals surface area contributed by atoms with Gasteiger partial charge in [0.05, 0.1) is 13.2 Å². The lowest BCUT2D eigenvalue weighted by atomic mass is 9.74. The number of rotatable bonds is 7. The molecule has 0 saturated carbocycles. The molecule has 1 N–H and O–H groups in total. The molecule has 2 aromatic rings. The minimum atomic E-state index is 0. The molecule has 2 nitrogen and oxygen atoms in total. The van der Waals surface area contributed by atoms with E-state index < -0.39 is 0 Å². The highest BCUT2D eigenvalue weighted by atomic mass is 35.5. The molecule has 1 fully saturated rings. The highest BCUT2D eigenvalue weighted by Gasteiger charge is 2.34. The van der Waals surface area contributed by atoms with Crippen LogP contribution in [0.1, 0.15) is 56.7 Å². The summed E-state index contributed by atoms with van der Waals surface area (Å²) < 4.78 is 6.29. The maximum atomic E-state index is 6.29. The molecule has 0 atom stereocenters. The zero-order chi connectivity index (χ0) is 18.5. The van der Waals surface area contributed by atoms with Gasteiger partial charge in [-0.05, 0) is 54.5 Å². The summed E-state index contributed by atoms with van der Waals surface area (Å²) in [5.74, 6) is 0. The van der Waals surface area contributed by atoms with E-state index in [2.05, 4.69) is 80.7 Å². The number of nitrogens with one attached hydrogen (secondary N) is 1. The lowest BCUT2D eigenvalue weighted by molar-refractivity contribution is 0.0564. The molecule has 1 aliphatic rings. The summed E-state index contributed by atoms with van der Waals surface area (Å²) in [6, 6.07) is 19.8. The van der Waals surface area contributed by atoms with Crippen molar-refractivity contribution in [3.63, 3.8) is 0 Å². The number of hydrogen-bond donors (Lipinski definition) is 1. The fourth-order valence-corrected chi connectivity index (χ4v) is 3.86. The van der Waals surface area contributed by atoms with E-state index in [4.69, 9.17) is 4.74 Å². The molecule has 0 unspecified atom stereocenters. The van der Waals surface area contributed by atoms with E-state index in [1.54, 1.807) is 0 Å². The van der Waals surface area contributed by atoms with Crippen LogP contribution in [0.3, 0.4) is 0 Å². The predicted molar refractivity (Wildman–Crippen MR) is 117 cm³/mol. The van der Waals surface area contributed by atoms with Crippen LogP contribution in [0, 0.1) is 0 Å². The lowest BCUT2D eigenvalue weighted by Gasteiger charge is -2.38. The van der Waals surface area contributed by atoms with Crippen molar-refractivity contribution in [1.29, 1.82) is 0 Å². The zero-order valence-electron chi connectivity index (χ0n) is 17.0. The maximum Gasteiger partial charge on any atom is 0.0717 e. The summed E-state index contributed by atoms with van der Waals surface area (Å²) in [4.78, 5) is 0. The molecule has 0 aliphatic carbocycles. The van der Waals surface area contributed by atoms with Gasteiger partial charge in [-0.15, -0.1) is 12.4 Å². The second kappa shape index (κ2) is 9.73. The molecule has 148 valence electrons. The van der Waals surface area contributed by atoms with Gasteiger partial charge in [-0.3, -0.25) is 0 Å². The van der Waals surface area contributed by atoms with Crippen LogP contribution in [0.2, 0.25) is 0 Å². The van der Waals surface area contributed by atoms with Crippen LogP contribution in [0.25, 0.3) is 0 Å². The van der Waals surface area contributed by atoms with Crippen molar-refractivity contribution < 1.29 is 4.74 Å². The Morgan fingerprint density at radius 3 is 2.37 bits per heavy atom. The normalized spacial score (nSPS) is 16.6. The Hall–Kier alpha value is -1.35. The molecule has 1 aliphatic heterocycles. The van der Waals surface area contributed by atoms with Crippen molar-refractivity contribution in [1.82, 2.24) is 5.32 Å². The molecule has 1 heterocycles. The summed E-state index contributed by atoms with van der Waals surface area (Å²) in [6.45, 7) is 10.5. The molecule has 0 bridgehead atoms. The molecule has 0 radical (unpaired) electrons. The Labute approximate surface area is 171 Å². The van der Waals surface area contributed by atoms with Crippen molar-refractivity contribution >= 4 is 12.4 Å². The van der Waals surface area contributed by atoms with Crippen molar-refractivity contribution in [3.8, 4) is 0 Å². The Morgan fingerprint density at radius 1 is 1.00 bits per heavy atom. The van der Waals surface area contributed by atoms with E-state index in [0.717, 1.165) is 39.0 Å². The van der Waals surface area contributed by atoms with Crippen LogP contribution >= 0.6 is 12.4 Å². The Kier molecular flexibility index (Phi) is 7.91. The third kappa shape index (κ3) is 5.34. The Morgan fingerprint density at radius 2 is 1.70 bits per heavy atom. The average molecular weight is 388 g/mol. The highest BCUT2D eigenvalue weighted by molar-refractivity contribution is 5.85. The van der Waals surface area contributed by atoms with Gasteiger partial charge in [0.1, 0.15) is 0 Å². The zero-order valence-corrected chi connectivity index (χ0v) is 17.8. The second-order valence-corrected chi connectivity index (χ2v) is 8.33. The fraction of sp³-hybridized carbons (Fsp3) is 0.500. The van der Waals surface area contributed by atoms with Gasteiger partial charge < -0.3 is 10.1 Å². The molecule has 3 heteroatoms. The van der Waals surface area contributed by atoms with Gasteiger partial charge in [-0.1, -0.05) is 75.4 Å². The molecule has 0 aromatic heterocycles. The topological polar surface area (TPSA) is 21.3 Å². The van der Waals surface area contributed by atoms with Gasteiger partial charge in [0.15, 0.2) is 0 Å². The Balaban J connectivity index is 0.00000261. The van der Waals surface area contributed by atoms with Crippen molar-refractivity contribution in [2.45, 2.75) is 57.5 Å². The van der Waals surface area contributed by atoms with Gasteiger partial charge in [-0.25, -0.2) is 0 Å². The quantitative estimate of drug-likeness (QED) is 0.664. The van der Waals surface area contributed by atoms with Crippen LogP contribution in [0.15, 0.2) is 54.6 Å². The third-order valence-corrected chi connectivity index (χ3v) is 6.19. The first-order valence-corrected chi connectivity index (χ1v) is 9.99. The van der Waals surface area contributed by atoms with Gasteiger partial charge in [0, 0.05) is 5.41 Å². The number of hydrogen-bond acceptors (Lipinski definition) is 2. The SMILES string of the molecule is CCC(C)(C)c1cccc(COCC2(c3ccccc3)CCNCC2)c1.Cl. The first kappa shape index (κ1) is 21.9. The van der Waals surface area contributed by atoms with E-state index in [0.29, 0.717) is 6.61 Å². The van der Waals surface area contributed by atoms with Gasteiger partial charge >= 0.3 is 0 Å². The number of halogens is 1. The molecular formula is C24H34ClNO. The fourth-order valence-electron chi connectivity index (χ4n) is 3.86. The largest absolute Gasteiger partial charge is 0.376 e. The van der Waals surface area contributed by atoms with Crippen LogP contribution in [-0.4, -0.2) is 19.7 Å². The smallest absolute Gasteiger partial charge is 0.0717 e. The summed E-state index contributed by atoms with van der Waals surface area (Å²) in [7, 11) is 0. The van der Waals surface area contributed by atoms with E-state index in [-0.39, 0.29) is 23.2 Å². The van der Waals surface area contributed by atoms with E-state index >= 15 is 0 Å². The number of ether oxygens (including phenoxy) is 1. The van der Waals surface area contributed by atoms with Crippen LogP contribution in [0.4, 0.5) is 0 Å². The number of benzene rings is 2. The third-order valence-electron chi connectivity index (χ3n) is 6.19. The minimum absolute atomic E-state index is 0. The summed E-state index contributed by atoms with van der Waals surface area (Å²) in [5.41, 5.74) is 4.47. The second-order valence-electron chi connectivity index (χ2n) is 8.33. The van der Waals surface area contributed by atoms with Crippen LogP contribution < -0.4 is 5.32 Å². The first-order chi connectivity index (χ1) is 12.6. The molecule has 3 rings (SSSR count). The number of piperidine rings is 1. The van der Waals surface area contributed by atoms with Gasteiger partial charge in [-0.2, -0.15) is 0 Å². The van der Waals surface area contributed by atoms with Crippen molar-refractivity contribution in [2.24, 2.45) is 0 Å². The van der Waals surface area contributed by atoms with Gasteiger partial charge in [0.2, 0.25) is 0 Å². The predicted octanol–water partition coefficient (Wildman–Crippen LogP) is 5.63. The standard InChI is InChI=1S/C24H33NO.ClH/c1-4-23(2,3)22-12-8-9-20(17-22)18-26-19-24(13-15-25-16-14-24)21-10-6-5-7-11-21;/h5-12,17,25H,4,13-16,18-19H2,1-3H3;1H. The van der Waals surface area contributed by atoms with E-state index in [1.807, 2.05) is 0 Å². The van der Waals surface area contributed by atoms with Crippen LogP contribution in [0.5, 0.6) is 0 Å². The van der Waals surface area contributed by atoms with Crippen molar-refractivity contribution in [2.75, 3.05) is 19.7 Å². The molecule has 2 aromatic carbocycles. The molecule has 27 heavy (non-hydrogen) atoms. The molecule has 1 saturated heterocycles. The van der Waals surface area contributed by atoms with E-state index in [1.165, 1.54) is 16.7 Å². The molecule has 0 spiro atoms. The molecular weight excluding hydrogens is 354 g/mol. The monoisotopic (exact) mass is 387 g/mol. The Bertz CT molecular complexity index is 693. The van der Waals surface area contributed by atoms with Crippen molar-refractivity contribution in [3.05, 3.63) is 71.3 Å². The van der Waals surface area contributed by atoms with Gasteiger partial charge in [0.25, 0.3) is 0 Å². The summed E-state index contributed by atoms with van der Waals surface area (Å²) >= 11 is 0. The highest BCUT2D eigenvalue weighted by Crippen LogP contribution is 2.34. The molecule has 0 amide bonds. The summed E-state index contributed by atoms with van der Waals surface area (Å²) in [6.07, 6.45) is 3.42. The first-order valence-electron chi connectivity index (χ1n) is 9.99. The minimum Gasteiger partial charge on any atom is -0.376 e. The van der Waals surface area contributed by atoms with Crippen LogP contribution in [-0.2, 0) is 22.2 Å². The lowest BCUT2D eigenvalue weighted by Crippen LogP contribution is -2.43. The van der Waals surface area contributed by atoms with E-state index in [9.17, 15) is 0 Å². The maximum absolute atomic E-state index is 6.29.